The lowest BCUT2D eigenvalue weighted by molar-refractivity contribution is -0.697. The summed E-state index contributed by atoms with van der Waals surface area (Å²) in [5.74, 6) is -1.00. The maximum Gasteiger partial charge on any atom is 0.195 e. The first-order valence-corrected chi connectivity index (χ1v) is 9.34. The Labute approximate surface area is 171 Å². The average molecular weight is 400 g/mol. The lowest BCUT2D eigenvalue weighted by Gasteiger charge is -2.27. The molecule has 4 rings (SSSR count). The Kier molecular flexibility index (Phi) is 6.79. The molecule has 2 heterocycles. The van der Waals surface area contributed by atoms with Gasteiger partial charge in [-0.2, -0.15) is 0 Å². The monoisotopic (exact) mass is 399 g/mol. The van der Waals surface area contributed by atoms with Crippen LogP contribution in [0.1, 0.15) is 18.4 Å². The Morgan fingerprint density at radius 1 is 0.821 bits per heavy atom. The summed E-state index contributed by atoms with van der Waals surface area (Å²) < 4.78 is 27.3. The second-order valence-electron chi connectivity index (χ2n) is 6.75. The van der Waals surface area contributed by atoms with Crippen molar-refractivity contribution in [3.05, 3.63) is 90.5 Å². The van der Waals surface area contributed by atoms with Gasteiger partial charge in [-0.15, -0.1) is 0 Å². The van der Waals surface area contributed by atoms with Gasteiger partial charge < -0.3 is 21.9 Å². The van der Waals surface area contributed by atoms with Crippen molar-refractivity contribution in [1.82, 2.24) is 0 Å². The van der Waals surface area contributed by atoms with Gasteiger partial charge in [0.05, 0.1) is 13.2 Å². The van der Waals surface area contributed by atoms with E-state index in [1.54, 1.807) is 12.1 Å². The molecular formula is C23H23ClFNO2. The van der Waals surface area contributed by atoms with E-state index in [9.17, 15) is 4.39 Å². The van der Waals surface area contributed by atoms with Crippen molar-refractivity contribution < 1.29 is 30.8 Å². The third-order valence-electron chi connectivity index (χ3n) is 4.96. The average Bonchev–Trinajstić information content (AvgIpc) is 3.20. The van der Waals surface area contributed by atoms with E-state index in [1.807, 2.05) is 18.2 Å². The molecule has 0 amide bonds. The van der Waals surface area contributed by atoms with E-state index < -0.39 is 5.79 Å². The van der Waals surface area contributed by atoms with Crippen molar-refractivity contribution in [2.24, 2.45) is 0 Å². The molecule has 0 spiro atoms. The summed E-state index contributed by atoms with van der Waals surface area (Å²) in [5, 5.41) is 0. The minimum absolute atomic E-state index is 0. The summed E-state index contributed by atoms with van der Waals surface area (Å²) in [6.45, 7) is 2.00. The molecule has 146 valence electrons. The van der Waals surface area contributed by atoms with Crippen molar-refractivity contribution in [1.29, 1.82) is 0 Å². The Bertz CT molecular complexity index is 863. The van der Waals surface area contributed by atoms with E-state index in [0.717, 1.165) is 24.9 Å². The predicted octanol–water partition coefficient (Wildman–Crippen LogP) is 1.46. The van der Waals surface area contributed by atoms with E-state index in [4.69, 9.17) is 9.47 Å². The maximum atomic E-state index is 13.2. The summed E-state index contributed by atoms with van der Waals surface area (Å²) in [4.78, 5) is 0. The molecule has 0 aliphatic carbocycles. The van der Waals surface area contributed by atoms with Crippen LogP contribution in [0.25, 0.3) is 11.1 Å². The summed E-state index contributed by atoms with van der Waals surface area (Å²) in [6.07, 6.45) is 5.82. The molecule has 1 aliphatic rings. The normalized spacial score (nSPS) is 15.2. The molecule has 3 nitrogen and oxygen atoms in total. The molecule has 0 atom stereocenters. The highest BCUT2D eigenvalue weighted by atomic mass is 35.5. The number of ether oxygens (including phenoxy) is 2. The van der Waals surface area contributed by atoms with Gasteiger partial charge in [-0.05, 0) is 23.3 Å². The van der Waals surface area contributed by atoms with Crippen LogP contribution in [-0.4, -0.2) is 13.2 Å². The smallest absolute Gasteiger partial charge is 0.195 e. The Morgan fingerprint density at radius 2 is 1.43 bits per heavy atom. The number of pyridine rings is 1. The van der Waals surface area contributed by atoms with Crippen LogP contribution in [0.15, 0.2) is 79.1 Å². The van der Waals surface area contributed by atoms with Gasteiger partial charge in [0, 0.05) is 30.5 Å². The van der Waals surface area contributed by atoms with Crippen LogP contribution < -0.4 is 17.0 Å². The molecule has 1 saturated heterocycles. The van der Waals surface area contributed by atoms with Crippen LogP contribution in [0.5, 0.6) is 0 Å². The topological polar surface area (TPSA) is 22.3 Å². The number of rotatable bonds is 6. The van der Waals surface area contributed by atoms with Crippen molar-refractivity contribution >= 4 is 0 Å². The summed E-state index contributed by atoms with van der Waals surface area (Å²) in [6, 6.07) is 21.0. The molecule has 5 heteroatoms. The molecule has 1 aliphatic heterocycles. The van der Waals surface area contributed by atoms with Crippen LogP contribution in [0.4, 0.5) is 4.39 Å². The van der Waals surface area contributed by atoms with Crippen molar-refractivity contribution in [3.8, 4) is 11.1 Å². The zero-order chi connectivity index (χ0) is 18.5. The van der Waals surface area contributed by atoms with Crippen molar-refractivity contribution in [2.45, 2.75) is 25.2 Å². The Balaban J connectivity index is 0.00000225. The fourth-order valence-electron chi connectivity index (χ4n) is 3.54. The number of hydrogen-bond donors (Lipinski definition) is 0. The summed E-state index contributed by atoms with van der Waals surface area (Å²) in [5.41, 5.74) is 3.30. The van der Waals surface area contributed by atoms with Crippen molar-refractivity contribution in [2.75, 3.05) is 13.2 Å². The fraction of sp³-hybridized carbons (Fsp3) is 0.261. The molecule has 2 aromatic carbocycles. The molecular weight excluding hydrogens is 377 g/mol. The predicted molar refractivity (Wildman–Crippen MR) is 101 cm³/mol. The van der Waals surface area contributed by atoms with E-state index >= 15 is 0 Å². The molecule has 0 radical (unpaired) electrons. The van der Waals surface area contributed by atoms with Gasteiger partial charge in [0.25, 0.3) is 0 Å². The SMILES string of the molecule is Fc1ccc(C2(CCC[n+]3ccc(-c4ccccc4)cc3)OCCO2)cc1.[Cl-]. The van der Waals surface area contributed by atoms with E-state index in [2.05, 4.69) is 41.2 Å². The zero-order valence-corrected chi connectivity index (χ0v) is 16.3. The van der Waals surface area contributed by atoms with E-state index in [0.29, 0.717) is 13.2 Å². The minimum Gasteiger partial charge on any atom is -1.00 e. The lowest BCUT2D eigenvalue weighted by Crippen LogP contribution is -3.00. The molecule has 3 aromatic rings. The Hall–Kier alpha value is -2.27. The summed E-state index contributed by atoms with van der Waals surface area (Å²) in [7, 11) is 0. The van der Waals surface area contributed by atoms with Gasteiger partial charge in [0.1, 0.15) is 12.4 Å². The minimum atomic E-state index is -0.752. The van der Waals surface area contributed by atoms with E-state index in [1.165, 1.54) is 23.3 Å². The standard InChI is InChI=1S/C23H23FNO2.ClH/c24-22-9-7-21(8-10-22)23(26-17-18-27-23)13-4-14-25-15-11-20(12-16-25)19-5-2-1-3-6-19;/h1-3,5-12,15-16H,4,13-14,17-18H2;1H/q+1;/p-1. The van der Waals surface area contributed by atoms with Gasteiger partial charge in [-0.25, -0.2) is 8.96 Å². The van der Waals surface area contributed by atoms with Crippen LogP contribution >= 0.6 is 0 Å². The maximum absolute atomic E-state index is 13.2. The highest BCUT2D eigenvalue weighted by Gasteiger charge is 2.38. The number of benzene rings is 2. The molecule has 28 heavy (non-hydrogen) atoms. The number of aryl methyl sites for hydroxylation is 1. The molecule has 0 bridgehead atoms. The largest absolute Gasteiger partial charge is 1.00 e. The highest BCUT2D eigenvalue weighted by molar-refractivity contribution is 5.61. The van der Waals surface area contributed by atoms with Crippen LogP contribution in [0.3, 0.4) is 0 Å². The third-order valence-corrected chi connectivity index (χ3v) is 4.96. The second kappa shape index (κ2) is 9.28. The molecule has 0 N–H and O–H groups in total. The molecule has 1 fully saturated rings. The fourth-order valence-corrected chi connectivity index (χ4v) is 3.54. The molecule has 1 aromatic heterocycles. The van der Waals surface area contributed by atoms with Crippen LogP contribution in [0.2, 0.25) is 0 Å². The molecule has 0 unspecified atom stereocenters. The first-order valence-electron chi connectivity index (χ1n) is 9.34. The number of hydrogen-bond acceptors (Lipinski definition) is 2. The Morgan fingerprint density at radius 3 is 2.07 bits per heavy atom. The van der Waals surface area contributed by atoms with E-state index in [-0.39, 0.29) is 18.2 Å². The second-order valence-corrected chi connectivity index (χ2v) is 6.75. The molecule has 0 saturated carbocycles. The van der Waals surface area contributed by atoms with Crippen LogP contribution in [0, 0.1) is 5.82 Å². The van der Waals surface area contributed by atoms with Gasteiger partial charge >= 0.3 is 0 Å². The van der Waals surface area contributed by atoms with Crippen LogP contribution in [-0.2, 0) is 21.8 Å². The first-order chi connectivity index (χ1) is 13.3. The number of nitrogens with zero attached hydrogens (tertiary/aromatic N) is 1. The van der Waals surface area contributed by atoms with Gasteiger partial charge in [-0.3, -0.25) is 0 Å². The zero-order valence-electron chi connectivity index (χ0n) is 15.6. The van der Waals surface area contributed by atoms with Gasteiger partial charge in [-0.1, -0.05) is 42.5 Å². The van der Waals surface area contributed by atoms with Gasteiger partial charge in [0.2, 0.25) is 0 Å². The quantitative estimate of drug-likeness (QED) is 0.586. The van der Waals surface area contributed by atoms with Crippen molar-refractivity contribution in [3.63, 3.8) is 0 Å². The number of halogens is 2. The number of aromatic nitrogens is 1. The highest BCUT2D eigenvalue weighted by Crippen LogP contribution is 2.36. The first kappa shape index (κ1) is 20.5. The van der Waals surface area contributed by atoms with Gasteiger partial charge in [0.15, 0.2) is 18.2 Å². The summed E-state index contributed by atoms with van der Waals surface area (Å²) >= 11 is 0. The third kappa shape index (κ3) is 4.58. The lowest BCUT2D eigenvalue weighted by atomic mass is 10.0.